The standard InChI is InChI=1S/C13H13N5OS/c1-7(2)13-15-8(3)10(20-13)12-16-11(18-19-12)9-5-4-6-14-17-9/h4-7H,1-3H3. The second-order valence-electron chi connectivity index (χ2n) is 4.65. The van der Waals surface area contributed by atoms with Crippen LogP contribution in [0, 0.1) is 6.92 Å². The zero-order valence-corrected chi connectivity index (χ0v) is 12.2. The van der Waals surface area contributed by atoms with Crippen LogP contribution < -0.4 is 0 Å². The van der Waals surface area contributed by atoms with Crippen molar-refractivity contribution in [3.05, 3.63) is 29.0 Å². The monoisotopic (exact) mass is 287 g/mol. The first-order chi connectivity index (χ1) is 9.65. The lowest BCUT2D eigenvalue weighted by atomic mass is 10.2. The molecular weight excluding hydrogens is 274 g/mol. The summed E-state index contributed by atoms with van der Waals surface area (Å²) in [6, 6.07) is 3.58. The maximum absolute atomic E-state index is 5.32. The summed E-state index contributed by atoms with van der Waals surface area (Å²) in [4.78, 5) is 9.82. The number of rotatable bonds is 3. The third-order valence-corrected chi connectivity index (χ3v) is 4.17. The highest BCUT2D eigenvalue weighted by Gasteiger charge is 2.18. The minimum absolute atomic E-state index is 0.384. The molecule has 0 saturated heterocycles. The van der Waals surface area contributed by atoms with E-state index in [1.165, 1.54) is 0 Å². The molecule has 20 heavy (non-hydrogen) atoms. The van der Waals surface area contributed by atoms with Crippen LogP contribution in [0.15, 0.2) is 22.9 Å². The van der Waals surface area contributed by atoms with Crippen molar-refractivity contribution in [1.82, 2.24) is 25.3 Å². The highest BCUT2D eigenvalue weighted by Crippen LogP contribution is 2.32. The van der Waals surface area contributed by atoms with Crippen LogP contribution in [0.5, 0.6) is 0 Å². The van der Waals surface area contributed by atoms with Crippen molar-refractivity contribution >= 4 is 11.3 Å². The second-order valence-corrected chi connectivity index (χ2v) is 5.68. The Morgan fingerprint density at radius 1 is 1.25 bits per heavy atom. The highest BCUT2D eigenvalue weighted by molar-refractivity contribution is 7.15. The summed E-state index contributed by atoms with van der Waals surface area (Å²) < 4.78 is 5.32. The summed E-state index contributed by atoms with van der Waals surface area (Å²) in [5.41, 5.74) is 1.50. The Bertz CT molecular complexity index is 719. The smallest absolute Gasteiger partial charge is 0.270 e. The van der Waals surface area contributed by atoms with Crippen LogP contribution in [0.3, 0.4) is 0 Å². The van der Waals surface area contributed by atoms with Gasteiger partial charge in [-0.05, 0) is 19.1 Å². The van der Waals surface area contributed by atoms with Gasteiger partial charge in [-0.15, -0.1) is 16.4 Å². The van der Waals surface area contributed by atoms with Gasteiger partial charge >= 0.3 is 0 Å². The largest absolute Gasteiger partial charge is 0.333 e. The van der Waals surface area contributed by atoms with Crippen LogP contribution in [0.1, 0.15) is 30.5 Å². The van der Waals surface area contributed by atoms with Gasteiger partial charge in [0.2, 0.25) is 5.82 Å². The molecule has 102 valence electrons. The molecular formula is C13H13N5OS. The SMILES string of the molecule is Cc1nc(C(C)C)sc1-c1nc(-c2cccnn2)no1. The van der Waals surface area contributed by atoms with E-state index in [1.54, 1.807) is 29.7 Å². The lowest BCUT2D eigenvalue weighted by Crippen LogP contribution is -1.87. The van der Waals surface area contributed by atoms with Crippen LogP contribution >= 0.6 is 11.3 Å². The van der Waals surface area contributed by atoms with E-state index in [1.807, 2.05) is 6.92 Å². The Kier molecular flexibility index (Phi) is 3.27. The van der Waals surface area contributed by atoms with Gasteiger partial charge in [0.15, 0.2) is 0 Å². The maximum atomic E-state index is 5.32. The maximum Gasteiger partial charge on any atom is 0.270 e. The zero-order valence-electron chi connectivity index (χ0n) is 11.4. The van der Waals surface area contributed by atoms with Crippen molar-refractivity contribution < 1.29 is 4.52 Å². The predicted molar refractivity (Wildman–Crippen MR) is 75.3 cm³/mol. The highest BCUT2D eigenvalue weighted by atomic mass is 32.1. The molecule has 0 aromatic carbocycles. The fourth-order valence-electron chi connectivity index (χ4n) is 1.70. The van der Waals surface area contributed by atoms with E-state index in [-0.39, 0.29) is 0 Å². The van der Waals surface area contributed by atoms with Crippen molar-refractivity contribution in [3.63, 3.8) is 0 Å². The van der Waals surface area contributed by atoms with E-state index in [9.17, 15) is 0 Å². The van der Waals surface area contributed by atoms with Gasteiger partial charge in [-0.2, -0.15) is 10.1 Å². The molecule has 0 spiro atoms. The summed E-state index contributed by atoms with van der Waals surface area (Å²) >= 11 is 1.59. The molecule has 0 bridgehead atoms. The molecule has 3 aromatic rings. The quantitative estimate of drug-likeness (QED) is 0.736. The molecule has 0 aliphatic carbocycles. The summed E-state index contributed by atoms with van der Waals surface area (Å²) in [5.74, 6) is 1.30. The molecule has 7 heteroatoms. The van der Waals surface area contributed by atoms with Crippen LogP contribution in [0.25, 0.3) is 22.3 Å². The molecule has 3 rings (SSSR count). The molecule has 0 fully saturated rings. The third-order valence-electron chi connectivity index (χ3n) is 2.73. The van der Waals surface area contributed by atoms with Crippen molar-refractivity contribution in [1.29, 1.82) is 0 Å². The average molecular weight is 287 g/mol. The van der Waals surface area contributed by atoms with E-state index in [0.717, 1.165) is 15.6 Å². The number of hydrogen-bond acceptors (Lipinski definition) is 7. The van der Waals surface area contributed by atoms with Crippen molar-refractivity contribution in [2.24, 2.45) is 0 Å². The number of aryl methyl sites for hydroxylation is 1. The van der Waals surface area contributed by atoms with E-state index < -0.39 is 0 Å². The van der Waals surface area contributed by atoms with Crippen LogP contribution in [0.4, 0.5) is 0 Å². The Labute approximate surface area is 119 Å². The van der Waals surface area contributed by atoms with E-state index in [2.05, 4.69) is 39.2 Å². The first-order valence-corrected chi connectivity index (χ1v) is 7.06. The molecule has 3 aromatic heterocycles. The molecule has 3 heterocycles. The zero-order chi connectivity index (χ0) is 14.1. The van der Waals surface area contributed by atoms with Gasteiger partial charge in [-0.1, -0.05) is 19.0 Å². The molecule has 0 unspecified atom stereocenters. The number of hydrogen-bond donors (Lipinski definition) is 0. The van der Waals surface area contributed by atoms with Gasteiger partial charge < -0.3 is 4.52 Å². The van der Waals surface area contributed by atoms with E-state index in [4.69, 9.17) is 4.52 Å². The summed E-state index contributed by atoms with van der Waals surface area (Å²) in [5, 5.41) is 12.8. The van der Waals surface area contributed by atoms with Gasteiger partial charge in [0.1, 0.15) is 10.6 Å². The normalized spacial score (nSPS) is 11.2. The minimum atomic E-state index is 0.384. The van der Waals surface area contributed by atoms with Gasteiger partial charge in [0, 0.05) is 12.1 Å². The van der Waals surface area contributed by atoms with Crippen LogP contribution in [-0.4, -0.2) is 25.3 Å². The summed E-state index contributed by atoms with van der Waals surface area (Å²) in [6.45, 7) is 6.17. The van der Waals surface area contributed by atoms with Crippen molar-refractivity contribution in [2.75, 3.05) is 0 Å². The molecule has 6 nitrogen and oxygen atoms in total. The summed E-state index contributed by atoms with van der Waals surface area (Å²) in [7, 11) is 0. The van der Waals surface area contributed by atoms with Crippen molar-refractivity contribution in [2.45, 2.75) is 26.7 Å². The number of aromatic nitrogens is 5. The number of nitrogens with zero attached hydrogens (tertiary/aromatic N) is 5. The third kappa shape index (κ3) is 2.32. The minimum Gasteiger partial charge on any atom is -0.333 e. The molecule has 0 radical (unpaired) electrons. The molecule has 0 amide bonds. The lowest BCUT2D eigenvalue weighted by Gasteiger charge is -1.94. The van der Waals surface area contributed by atoms with Crippen molar-refractivity contribution in [3.8, 4) is 22.3 Å². The first-order valence-electron chi connectivity index (χ1n) is 6.24. The fraction of sp³-hybridized carbons (Fsp3) is 0.308. The van der Waals surface area contributed by atoms with Crippen LogP contribution in [0.2, 0.25) is 0 Å². The second kappa shape index (κ2) is 5.09. The lowest BCUT2D eigenvalue weighted by molar-refractivity contribution is 0.432. The van der Waals surface area contributed by atoms with Gasteiger partial charge in [0.05, 0.1) is 10.7 Å². The van der Waals surface area contributed by atoms with Gasteiger partial charge in [0.25, 0.3) is 5.89 Å². The molecule has 0 saturated carbocycles. The Hall–Kier alpha value is -2.15. The Morgan fingerprint density at radius 2 is 2.10 bits per heavy atom. The Morgan fingerprint density at radius 3 is 2.75 bits per heavy atom. The summed E-state index contributed by atoms with van der Waals surface area (Å²) in [6.07, 6.45) is 1.60. The topological polar surface area (TPSA) is 77.6 Å². The van der Waals surface area contributed by atoms with E-state index >= 15 is 0 Å². The predicted octanol–water partition coefficient (Wildman–Crippen LogP) is 3.08. The molecule has 0 aliphatic heterocycles. The Balaban J connectivity index is 1.98. The molecule has 0 atom stereocenters. The molecule has 0 N–H and O–H groups in total. The fourth-order valence-corrected chi connectivity index (χ4v) is 2.69. The van der Waals surface area contributed by atoms with E-state index in [0.29, 0.717) is 23.3 Å². The first kappa shape index (κ1) is 12.9. The average Bonchev–Trinajstić information content (AvgIpc) is 3.06. The molecule has 0 aliphatic rings. The van der Waals surface area contributed by atoms with Gasteiger partial charge in [-0.3, -0.25) is 0 Å². The number of thiazole rings is 1. The van der Waals surface area contributed by atoms with Crippen LogP contribution in [-0.2, 0) is 0 Å². The van der Waals surface area contributed by atoms with Gasteiger partial charge in [-0.25, -0.2) is 4.98 Å².